The van der Waals surface area contributed by atoms with E-state index in [0.717, 1.165) is 27.7 Å². The van der Waals surface area contributed by atoms with Crippen molar-refractivity contribution in [2.24, 2.45) is 0 Å². The van der Waals surface area contributed by atoms with E-state index in [9.17, 15) is 14.7 Å². The monoisotopic (exact) mass is 352 g/mol. The van der Waals surface area contributed by atoms with Gasteiger partial charge in [0.25, 0.3) is 0 Å². The highest BCUT2D eigenvalue weighted by molar-refractivity contribution is 6.02. The molecular formula is C20H20N2O4. The van der Waals surface area contributed by atoms with E-state index in [0.29, 0.717) is 11.4 Å². The van der Waals surface area contributed by atoms with Crippen LogP contribution >= 0.6 is 0 Å². The number of ether oxygens (including phenoxy) is 1. The third kappa shape index (κ3) is 3.39. The summed E-state index contributed by atoms with van der Waals surface area (Å²) in [6.45, 7) is 3.75. The lowest BCUT2D eigenvalue weighted by Gasteiger charge is -2.10. The van der Waals surface area contributed by atoms with E-state index in [4.69, 9.17) is 4.74 Å². The minimum atomic E-state index is -1.08. The van der Waals surface area contributed by atoms with E-state index in [1.165, 1.54) is 6.07 Å². The van der Waals surface area contributed by atoms with Crippen LogP contribution in [0.25, 0.3) is 10.9 Å². The lowest BCUT2D eigenvalue weighted by Crippen LogP contribution is -2.17. The molecule has 0 saturated heterocycles. The summed E-state index contributed by atoms with van der Waals surface area (Å²) >= 11 is 0. The number of aromatic nitrogens is 1. The van der Waals surface area contributed by atoms with Crippen molar-refractivity contribution in [3.63, 3.8) is 0 Å². The smallest absolute Gasteiger partial charge is 0.337 e. The number of carbonyl (C=O) groups is 2. The number of methoxy groups -OCH3 is 1. The van der Waals surface area contributed by atoms with Gasteiger partial charge in [-0.15, -0.1) is 0 Å². The molecular weight excluding hydrogens is 332 g/mol. The highest BCUT2D eigenvalue weighted by Gasteiger charge is 2.16. The summed E-state index contributed by atoms with van der Waals surface area (Å²) in [5, 5.41) is 12.9. The lowest BCUT2D eigenvalue weighted by atomic mass is 10.1. The van der Waals surface area contributed by atoms with Gasteiger partial charge in [0.15, 0.2) is 0 Å². The molecule has 0 unspecified atom stereocenters. The van der Waals surface area contributed by atoms with E-state index in [1.807, 2.05) is 32.0 Å². The van der Waals surface area contributed by atoms with Crippen molar-refractivity contribution < 1.29 is 19.4 Å². The minimum absolute atomic E-state index is 0.0706. The van der Waals surface area contributed by atoms with Crippen molar-refractivity contribution in [1.82, 2.24) is 4.98 Å². The number of rotatable bonds is 5. The molecule has 2 aromatic carbocycles. The van der Waals surface area contributed by atoms with Crippen LogP contribution < -0.4 is 10.1 Å². The predicted molar refractivity (Wildman–Crippen MR) is 100 cm³/mol. The standard InChI is InChI=1S/C20H20N2O4/c1-11-4-6-14(20(24)25)18(8-11)22-19(23)10-15-12(2)21-17-7-5-13(26-3)9-16(15)17/h4-9,21H,10H2,1-3H3,(H,22,23)(H,24,25). The van der Waals surface area contributed by atoms with E-state index in [1.54, 1.807) is 19.2 Å². The SMILES string of the molecule is COc1ccc2[nH]c(C)c(CC(=O)Nc3cc(C)ccc3C(=O)O)c2c1. The molecule has 0 aliphatic heterocycles. The van der Waals surface area contributed by atoms with Crippen LogP contribution in [0.5, 0.6) is 5.75 Å². The van der Waals surface area contributed by atoms with Gasteiger partial charge in [-0.3, -0.25) is 4.79 Å². The number of carboxylic acids is 1. The molecule has 134 valence electrons. The number of hydrogen-bond donors (Lipinski definition) is 3. The number of carboxylic acid groups (broad SMARTS) is 1. The van der Waals surface area contributed by atoms with Crippen molar-refractivity contribution in [2.45, 2.75) is 20.3 Å². The third-order valence-electron chi connectivity index (χ3n) is 4.34. The molecule has 0 aliphatic carbocycles. The summed E-state index contributed by atoms with van der Waals surface area (Å²) in [4.78, 5) is 27.2. The Labute approximate surface area is 150 Å². The first-order chi connectivity index (χ1) is 12.4. The Morgan fingerprint density at radius 2 is 1.92 bits per heavy atom. The average molecular weight is 352 g/mol. The van der Waals surface area contributed by atoms with Gasteiger partial charge in [0.1, 0.15) is 5.75 Å². The van der Waals surface area contributed by atoms with Gasteiger partial charge >= 0.3 is 5.97 Å². The molecule has 0 aliphatic rings. The molecule has 6 heteroatoms. The highest BCUT2D eigenvalue weighted by atomic mass is 16.5. The first-order valence-electron chi connectivity index (χ1n) is 8.18. The summed E-state index contributed by atoms with van der Waals surface area (Å²) < 4.78 is 5.26. The van der Waals surface area contributed by atoms with E-state index >= 15 is 0 Å². The Morgan fingerprint density at radius 1 is 1.15 bits per heavy atom. The number of benzene rings is 2. The van der Waals surface area contributed by atoms with Crippen LogP contribution in [0.1, 0.15) is 27.2 Å². The van der Waals surface area contributed by atoms with Crippen molar-refractivity contribution >= 4 is 28.5 Å². The van der Waals surface area contributed by atoms with Crippen molar-refractivity contribution in [2.75, 3.05) is 12.4 Å². The minimum Gasteiger partial charge on any atom is -0.497 e. The number of aryl methyl sites for hydroxylation is 2. The number of aromatic amines is 1. The fraction of sp³-hybridized carbons (Fsp3) is 0.200. The summed E-state index contributed by atoms with van der Waals surface area (Å²) in [6, 6.07) is 10.5. The first-order valence-corrected chi connectivity index (χ1v) is 8.18. The average Bonchev–Trinajstić information content (AvgIpc) is 2.89. The molecule has 3 N–H and O–H groups in total. The van der Waals surface area contributed by atoms with Crippen LogP contribution in [0.2, 0.25) is 0 Å². The van der Waals surface area contributed by atoms with Gasteiger partial charge in [-0.2, -0.15) is 0 Å². The maximum absolute atomic E-state index is 12.6. The van der Waals surface area contributed by atoms with Crippen molar-refractivity contribution in [3.05, 3.63) is 58.8 Å². The van der Waals surface area contributed by atoms with E-state index < -0.39 is 5.97 Å². The molecule has 6 nitrogen and oxygen atoms in total. The number of aromatic carboxylic acids is 1. The zero-order valence-corrected chi connectivity index (χ0v) is 14.8. The van der Waals surface area contributed by atoms with Crippen LogP contribution in [0.4, 0.5) is 5.69 Å². The third-order valence-corrected chi connectivity index (χ3v) is 4.34. The molecule has 3 rings (SSSR count). The van der Waals surface area contributed by atoms with Crippen LogP contribution in [0.3, 0.4) is 0 Å². The Kier molecular flexibility index (Phi) is 4.67. The van der Waals surface area contributed by atoms with Gasteiger partial charge in [0.05, 0.1) is 24.8 Å². The number of carbonyl (C=O) groups excluding carboxylic acids is 1. The van der Waals surface area contributed by atoms with Gasteiger partial charge in [-0.25, -0.2) is 4.79 Å². The Morgan fingerprint density at radius 3 is 2.62 bits per heavy atom. The number of amides is 1. The van der Waals surface area contributed by atoms with Crippen molar-refractivity contribution in [3.8, 4) is 5.75 Å². The normalized spacial score (nSPS) is 10.7. The molecule has 1 amide bonds. The van der Waals surface area contributed by atoms with Crippen LogP contribution in [-0.4, -0.2) is 29.1 Å². The van der Waals surface area contributed by atoms with Crippen molar-refractivity contribution in [1.29, 1.82) is 0 Å². The molecule has 26 heavy (non-hydrogen) atoms. The van der Waals surface area contributed by atoms with Gasteiger partial charge in [-0.1, -0.05) is 6.07 Å². The second kappa shape index (κ2) is 6.92. The Bertz CT molecular complexity index is 1000. The van der Waals surface area contributed by atoms with E-state index in [-0.39, 0.29) is 17.9 Å². The highest BCUT2D eigenvalue weighted by Crippen LogP contribution is 2.27. The van der Waals surface area contributed by atoms with Gasteiger partial charge in [-0.05, 0) is 55.3 Å². The number of hydrogen-bond acceptors (Lipinski definition) is 3. The molecule has 0 radical (unpaired) electrons. The number of H-pyrrole nitrogens is 1. The zero-order valence-electron chi connectivity index (χ0n) is 14.8. The fourth-order valence-electron chi connectivity index (χ4n) is 3.02. The summed E-state index contributed by atoms with van der Waals surface area (Å²) in [5.74, 6) is -0.636. The molecule has 1 aromatic heterocycles. The summed E-state index contributed by atoms with van der Waals surface area (Å²) in [5.41, 5.74) is 3.93. The largest absolute Gasteiger partial charge is 0.497 e. The number of anilines is 1. The number of fused-ring (bicyclic) bond motifs is 1. The first kappa shape index (κ1) is 17.5. The Hall–Kier alpha value is -3.28. The van der Waals surface area contributed by atoms with Gasteiger partial charge in [0.2, 0.25) is 5.91 Å². The lowest BCUT2D eigenvalue weighted by molar-refractivity contribution is -0.115. The van der Waals surface area contributed by atoms with Crippen LogP contribution in [0.15, 0.2) is 36.4 Å². The second-order valence-corrected chi connectivity index (χ2v) is 6.22. The molecule has 1 heterocycles. The maximum atomic E-state index is 12.6. The topological polar surface area (TPSA) is 91.4 Å². The zero-order chi connectivity index (χ0) is 18.8. The van der Waals surface area contributed by atoms with Gasteiger partial charge < -0.3 is 20.1 Å². The van der Waals surface area contributed by atoms with Crippen LogP contribution in [-0.2, 0) is 11.2 Å². The quantitative estimate of drug-likeness (QED) is 0.653. The number of nitrogens with one attached hydrogen (secondary N) is 2. The Balaban J connectivity index is 1.90. The summed E-state index contributed by atoms with van der Waals surface area (Å²) in [6.07, 6.45) is 0.131. The molecule has 3 aromatic rings. The molecule has 0 atom stereocenters. The molecule has 0 fully saturated rings. The maximum Gasteiger partial charge on any atom is 0.337 e. The molecule has 0 saturated carbocycles. The van der Waals surface area contributed by atoms with Gasteiger partial charge in [0, 0.05) is 16.6 Å². The van der Waals surface area contributed by atoms with E-state index in [2.05, 4.69) is 10.3 Å². The molecule has 0 bridgehead atoms. The van der Waals surface area contributed by atoms with Crippen LogP contribution in [0, 0.1) is 13.8 Å². The fourth-order valence-corrected chi connectivity index (χ4v) is 3.02. The summed E-state index contributed by atoms with van der Waals surface area (Å²) in [7, 11) is 1.60. The second-order valence-electron chi connectivity index (χ2n) is 6.22. The predicted octanol–water partition coefficient (Wildman–Crippen LogP) is 3.67. The molecule has 0 spiro atoms.